The highest BCUT2D eigenvalue weighted by molar-refractivity contribution is 8.26. The molecule has 2 atom stereocenters. The standard InChI is InChI=1S/C24H27N5O5S2/c1-5-14(3)29-23(33)17(36-24(29)35)11-15-20(26-19-13(2)7-6-9-28(19)22(15)32)27-10-8-25-21(31)16(27)12-18(30)34-4/h6-7,9,11,14,16H,5,8,10,12H2,1-4H3,(H,25,31). The van der Waals surface area contributed by atoms with Crippen molar-refractivity contribution in [2.75, 3.05) is 25.1 Å². The Bertz CT molecular complexity index is 1350. The number of thiocarbonyl (C=S) groups is 1. The van der Waals surface area contributed by atoms with Crippen molar-refractivity contribution >= 4 is 63.6 Å². The Labute approximate surface area is 217 Å². The fourth-order valence-corrected chi connectivity index (χ4v) is 5.68. The smallest absolute Gasteiger partial charge is 0.308 e. The fraction of sp³-hybridized carbons (Fsp3) is 0.417. The van der Waals surface area contributed by atoms with Crippen LogP contribution < -0.4 is 15.8 Å². The van der Waals surface area contributed by atoms with Crippen LogP contribution in [0.5, 0.6) is 0 Å². The van der Waals surface area contributed by atoms with Crippen LogP contribution in [0, 0.1) is 6.92 Å². The summed E-state index contributed by atoms with van der Waals surface area (Å²) in [5.41, 5.74) is 0.934. The summed E-state index contributed by atoms with van der Waals surface area (Å²) >= 11 is 6.58. The summed E-state index contributed by atoms with van der Waals surface area (Å²) in [5, 5.41) is 2.76. The van der Waals surface area contributed by atoms with Gasteiger partial charge in [0.15, 0.2) is 0 Å². The van der Waals surface area contributed by atoms with Crippen molar-refractivity contribution in [1.82, 2.24) is 19.6 Å². The number of nitrogens with one attached hydrogen (secondary N) is 1. The van der Waals surface area contributed by atoms with E-state index in [1.54, 1.807) is 22.1 Å². The molecule has 0 bridgehead atoms. The zero-order valence-electron chi connectivity index (χ0n) is 20.4. The number of piperazine rings is 1. The van der Waals surface area contributed by atoms with Gasteiger partial charge in [-0.05, 0) is 38.0 Å². The Balaban J connectivity index is 1.92. The van der Waals surface area contributed by atoms with Crippen LogP contribution >= 0.6 is 24.0 Å². The predicted octanol–water partition coefficient (Wildman–Crippen LogP) is 1.87. The molecule has 4 rings (SSSR count). The molecule has 2 aliphatic rings. The van der Waals surface area contributed by atoms with Gasteiger partial charge in [-0.25, -0.2) is 4.98 Å². The Kier molecular flexibility index (Phi) is 7.46. The number of anilines is 1. The van der Waals surface area contributed by atoms with Gasteiger partial charge >= 0.3 is 5.97 Å². The van der Waals surface area contributed by atoms with E-state index in [1.165, 1.54) is 17.6 Å². The molecule has 2 fully saturated rings. The van der Waals surface area contributed by atoms with Gasteiger partial charge in [-0.3, -0.25) is 28.5 Å². The molecule has 2 saturated heterocycles. The van der Waals surface area contributed by atoms with Crippen LogP contribution in [0.2, 0.25) is 0 Å². The van der Waals surface area contributed by atoms with Crippen molar-refractivity contribution in [3.05, 3.63) is 44.7 Å². The van der Waals surface area contributed by atoms with Gasteiger partial charge < -0.3 is 15.0 Å². The first-order valence-electron chi connectivity index (χ1n) is 11.6. The second-order valence-corrected chi connectivity index (χ2v) is 10.3. The predicted molar refractivity (Wildman–Crippen MR) is 142 cm³/mol. The second-order valence-electron chi connectivity index (χ2n) is 8.63. The minimum Gasteiger partial charge on any atom is -0.469 e. The van der Waals surface area contributed by atoms with Crippen molar-refractivity contribution < 1.29 is 19.1 Å². The number of carbonyl (C=O) groups is 3. The molecule has 0 radical (unpaired) electrons. The number of thioether (sulfide) groups is 1. The summed E-state index contributed by atoms with van der Waals surface area (Å²) < 4.78 is 6.64. The third-order valence-corrected chi connectivity index (χ3v) is 7.72. The molecule has 190 valence electrons. The van der Waals surface area contributed by atoms with Crippen LogP contribution in [0.25, 0.3) is 11.7 Å². The molecule has 2 aromatic rings. The van der Waals surface area contributed by atoms with Crippen molar-refractivity contribution in [1.29, 1.82) is 0 Å². The number of aromatic nitrogens is 2. The summed E-state index contributed by atoms with van der Waals surface area (Å²) in [6.07, 6.45) is 3.62. The number of nitrogens with zero attached hydrogens (tertiary/aromatic N) is 4. The number of methoxy groups -OCH3 is 1. The lowest BCUT2D eigenvalue weighted by atomic mass is 10.1. The molecule has 36 heavy (non-hydrogen) atoms. The zero-order valence-corrected chi connectivity index (χ0v) is 22.1. The number of ether oxygens (including phenoxy) is 1. The molecule has 0 aliphatic carbocycles. The number of rotatable bonds is 6. The summed E-state index contributed by atoms with van der Waals surface area (Å²) in [4.78, 5) is 60.1. The third-order valence-electron chi connectivity index (χ3n) is 6.39. The van der Waals surface area contributed by atoms with E-state index in [2.05, 4.69) is 5.32 Å². The highest BCUT2D eigenvalue weighted by Gasteiger charge is 2.37. The molecule has 2 amide bonds. The first kappa shape index (κ1) is 25.8. The number of carbonyl (C=O) groups excluding carboxylic acids is 3. The molecule has 0 spiro atoms. The molecule has 10 nitrogen and oxygen atoms in total. The maximum Gasteiger partial charge on any atom is 0.308 e. The van der Waals surface area contributed by atoms with E-state index in [9.17, 15) is 19.2 Å². The van der Waals surface area contributed by atoms with Crippen molar-refractivity contribution in [3.63, 3.8) is 0 Å². The molecule has 0 saturated carbocycles. The average Bonchev–Trinajstić information content (AvgIpc) is 3.14. The maximum atomic E-state index is 13.8. The summed E-state index contributed by atoms with van der Waals surface area (Å²) in [6.45, 7) is 6.34. The largest absolute Gasteiger partial charge is 0.469 e. The van der Waals surface area contributed by atoms with E-state index in [1.807, 2.05) is 26.8 Å². The fourth-order valence-electron chi connectivity index (χ4n) is 4.23. The Morgan fingerprint density at radius 1 is 1.39 bits per heavy atom. The number of aryl methyl sites for hydroxylation is 1. The highest BCUT2D eigenvalue weighted by Crippen LogP contribution is 2.35. The summed E-state index contributed by atoms with van der Waals surface area (Å²) in [7, 11) is 1.25. The molecule has 2 aliphatic heterocycles. The van der Waals surface area contributed by atoms with E-state index in [-0.39, 0.29) is 35.7 Å². The third kappa shape index (κ3) is 4.62. The minimum atomic E-state index is -0.925. The Hall–Kier alpha value is -3.25. The zero-order chi connectivity index (χ0) is 26.1. The molecular formula is C24H27N5O5S2. The van der Waals surface area contributed by atoms with E-state index < -0.39 is 17.6 Å². The van der Waals surface area contributed by atoms with E-state index >= 15 is 0 Å². The number of fused-ring (bicyclic) bond motifs is 1. The van der Waals surface area contributed by atoms with E-state index in [4.69, 9.17) is 21.9 Å². The molecule has 2 aromatic heterocycles. The molecule has 4 heterocycles. The number of hydrogen-bond donors (Lipinski definition) is 1. The van der Waals surface area contributed by atoms with Crippen molar-refractivity contribution in [2.24, 2.45) is 0 Å². The SMILES string of the molecule is CCC(C)N1C(=O)C(=Cc2c(N3CCNC(=O)C3CC(=O)OC)nc3c(C)cccn3c2=O)SC1=S. The lowest BCUT2D eigenvalue weighted by molar-refractivity contribution is -0.143. The van der Waals surface area contributed by atoms with Crippen LogP contribution in [0.15, 0.2) is 28.0 Å². The van der Waals surface area contributed by atoms with E-state index in [0.29, 0.717) is 28.0 Å². The van der Waals surface area contributed by atoms with Gasteiger partial charge in [0.2, 0.25) is 5.91 Å². The van der Waals surface area contributed by atoms with Crippen molar-refractivity contribution in [2.45, 2.75) is 45.7 Å². The van der Waals surface area contributed by atoms with Gasteiger partial charge in [0.25, 0.3) is 11.5 Å². The van der Waals surface area contributed by atoms with Gasteiger partial charge in [-0.1, -0.05) is 37.0 Å². The first-order valence-corrected chi connectivity index (χ1v) is 12.8. The molecular weight excluding hydrogens is 502 g/mol. The lowest BCUT2D eigenvalue weighted by Gasteiger charge is -2.36. The molecule has 0 aromatic carbocycles. The Morgan fingerprint density at radius 3 is 2.83 bits per heavy atom. The number of amides is 2. The van der Waals surface area contributed by atoms with Crippen LogP contribution in [0.4, 0.5) is 5.82 Å². The topological polar surface area (TPSA) is 113 Å². The quantitative estimate of drug-likeness (QED) is 0.340. The Morgan fingerprint density at radius 2 is 2.14 bits per heavy atom. The normalized spacial score (nSPS) is 20.3. The lowest BCUT2D eigenvalue weighted by Crippen LogP contribution is -2.57. The van der Waals surface area contributed by atoms with Crippen molar-refractivity contribution in [3.8, 4) is 0 Å². The second kappa shape index (κ2) is 10.4. The number of esters is 1. The van der Waals surface area contributed by atoms with Gasteiger partial charge in [0.1, 0.15) is 21.8 Å². The summed E-state index contributed by atoms with van der Waals surface area (Å²) in [6, 6.07) is 2.56. The van der Waals surface area contributed by atoms with Gasteiger partial charge in [-0.2, -0.15) is 0 Å². The molecule has 12 heteroatoms. The van der Waals surface area contributed by atoms with Crippen LogP contribution in [-0.2, 0) is 19.1 Å². The van der Waals surface area contributed by atoms with Gasteiger partial charge in [-0.15, -0.1) is 0 Å². The van der Waals surface area contributed by atoms with Gasteiger partial charge in [0, 0.05) is 25.3 Å². The first-order chi connectivity index (χ1) is 17.2. The van der Waals surface area contributed by atoms with Crippen LogP contribution in [0.3, 0.4) is 0 Å². The molecule has 1 N–H and O–H groups in total. The monoisotopic (exact) mass is 529 g/mol. The molecule has 2 unspecified atom stereocenters. The van der Waals surface area contributed by atoms with Crippen LogP contribution in [0.1, 0.15) is 37.8 Å². The maximum absolute atomic E-state index is 13.8. The van der Waals surface area contributed by atoms with E-state index in [0.717, 1.165) is 23.7 Å². The summed E-state index contributed by atoms with van der Waals surface area (Å²) in [5.74, 6) is -0.979. The number of hydrogen-bond acceptors (Lipinski definition) is 9. The minimum absolute atomic E-state index is 0.0865. The van der Waals surface area contributed by atoms with Crippen LogP contribution in [-0.4, -0.2) is 68.7 Å². The number of pyridine rings is 1. The highest BCUT2D eigenvalue weighted by atomic mass is 32.2. The van der Waals surface area contributed by atoms with Gasteiger partial charge in [0.05, 0.1) is 24.0 Å². The average molecular weight is 530 g/mol.